The molecule has 0 bridgehead atoms. The standard InChI is InChI=1S/C25H23N5O4/c1-3-13-30-24(31)22-20(29(2)25(30)32)14-19(26-22)16-9-11-18(12-10-16)33-15-21-27-23(28-34-21)17-7-5-4-6-8-17/h4-12,14,26H,3,13,15H2,1-2H3. The van der Waals surface area contributed by atoms with Gasteiger partial charge in [0, 0.05) is 24.8 Å². The van der Waals surface area contributed by atoms with E-state index in [1.54, 1.807) is 7.05 Å². The average molecular weight is 457 g/mol. The molecule has 1 N–H and O–H groups in total. The maximum Gasteiger partial charge on any atom is 0.331 e. The maximum absolute atomic E-state index is 12.8. The summed E-state index contributed by atoms with van der Waals surface area (Å²) in [6, 6.07) is 18.8. The van der Waals surface area contributed by atoms with Gasteiger partial charge in [-0.15, -0.1) is 0 Å². The highest BCUT2D eigenvalue weighted by molar-refractivity contribution is 5.82. The van der Waals surface area contributed by atoms with Gasteiger partial charge in [0.05, 0.1) is 5.52 Å². The van der Waals surface area contributed by atoms with Crippen molar-refractivity contribution in [3.63, 3.8) is 0 Å². The number of ether oxygens (including phenoxy) is 1. The van der Waals surface area contributed by atoms with E-state index in [0.29, 0.717) is 41.5 Å². The molecular formula is C25H23N5O4. The minimum atomic E-state index is -0.315. The number of fused-ring (bicyclic) bond motifs is 1. The Balaban J connectivity index is 1.34. The van der Waals surface area contributed by atoms with E-state index in [-0.39, 0.29) is 17.9 Å². The summed E-state index contributed by atoms with van der Waals surface area (Å²) in [6.45, 7) is 2.46. The first-order valence-electron chi connectivity index (χ1n) is 11.0. The van der Waals surface area contributed by atoms with Gasteiger partial charge < -0.3 is 14.2 Å². The van der Waals surface area contributed by atoms with Crippen LogP contribution in [0.1, 0.15) is 19.2 Å². The van der Waals surface area contributed by atoms with Crippen molar-refractivity contribution in [2.24, 2.45) is 7.05 Å². The Kier molecular flexibility index (Phi) is 5.59. The number of aromatic amines is 1. The number of nitrogens with one attached hydrogen (secondary N) is 1. The quantitative estimate of drug-likeness (QED) is 0.399. The molecule has 0 atom stereocenters. The summed E-state index contributed by atoms with van der Waals surface area (Å²) in [5.74, 6) is 1.53. The molecule has 0 fully saturated rings. The van der Waals surface area contributed by atoms with E-state index in [9.17, 15) is 9.59 Å². The van der Waals surface area contributed by atoms with Gasteiger partial charge in [-0.25, -0.2) is 4.79 Å². The van der Waals surface area contributed by atoms with E-state index in [2.05, 4.69) is 15.1 Å². The minimum absolute atomic E-state index is 0.144. The lowest BCUT2D eigenvalue weighted by Crippen LogP contribution is -2.38. The van der Waals surface area contributed by atoms with Gasteiger partial charge in [-0.1, -0.05) is 42.4 Å². The van der Waals surface area contributed by atoms with Crippen LogP contribution < -0.4 is 16.0 Å². The first-order chi connectivity index (χ1) is 16.5. The molecule has 2 aromatic carbocycles. The van der Waals surface area contributed by atoms with Gasteiger partial charge in [-0.2, -0.15) is 4.98 Å². The molecule has 0 saturated heterocycles. The van der Waals surface area contributed by atoms with Crippen molar-refractivity contribution in [3.05, 3.63) is 87.4 Å². The molecule has 0 unspecified atom stereocenters. The molecule has 3 aromatic heterocycles. The van der Waals surface area contributed by atoms with Crippen molar-refractivity contribution < 1.29 is 9.26 Å². The third-order valence-corrected chi connectivity index (χ3v) is 5.61. The van der Waals surface area contributed by atoms with Gasteiger partial charge in [0.25, 0.3) is 11.4 Å². The summed E-state index contributed by atoms with van der Waals surface area (Å²) >= 11 is 0. The third kappa shape index (κ3) is 3.92. The average Bonchev–Trinajstić information content (AvgIpc) is 3.53. The second-order valence-corrected chi connectivity index (χ2v) is 7.93. The van der Waals surface area contributed by atoms with Gasteiger partial charge in [-0.3, -0.25) is 13.9 Å². The predicted molar refractivity (Wildman–Crippen MR) is 128 cm³/mol. The Morgan fingerprint density at radius 1 is 1.03 bits per heavy atom. The molecule has 34 heavy (non-hydrogen) atoms. The van der Waals surface area contributed by atoms with E-state index in [1.165, 1.54) is 9.13 Å². The molecule has 0 aliphatic rings. The van der Waals surface area contributed by atoms with Crippen molar-refractivity contribution in [2.75, 3.05) is 0 Å². The minimum Gasteiger partial charge on any atom is -0.484 e. The molecule has 5 aromatic rings. The lowest BCUT2D eigenvalue weighted by molar-refractivity contribution is 0.243. The number of hydrogen-bond acceptors (Lipinski definition) is 6. The fourth-order valence-electron chi connectivity index (χ4n) is 3.85. The van der Waals surface area contributed by atoms with Gasteiger partial charge in [0.15, 0.2) is 6.61 Å². The first kappa shape index (κ1) is 21.4. The number of benzene rings is 2. The van der Waals surface area contributed by atoms with Crippen LogP contribution in [-0.2, 0) is 20.2 Å². The summed E-state index contributed by atoms with van der Waals surface area (Å²) < 4.78 is 13.8. The molecule has 9 nitrogen and oxygen atoms in total. The fraction of sp³-hybridized carbons (Fsp3) is 0.200. The SMILES string of the molecule is CCCn1c(=O)c2[nH]c(-c3ccc(OCc4nc(-c5ccccc5)no4)cc3)cc2n(C)c1=O. The molecule has 5 rings (SSSR count). The smallest absolute Gasteiger partial charge is 0.331 e. The van der Waals surface area contributed by atoms with Crippen LogP contribution >= 0.6 is 0 Å². The topological polar surface area (TPSA) is 108 Å². The Labute approximate surface area is 194 Å². The highest BCUT2D eigenvalue weighted by Crippen LogP contribution is 2.25. The largest absolute Gasteiger partial charge is 0.484 e. The van der Waals surface area contributed by atoms with Crippen molar-refractivity contribution in [1.29, 1.82) is 0 Å². The number of hydrogen-bond donors (Lipinski definition) is 1. The monoisotopic (exact) mass is 457 g/mol. The lowest BCUT2D eigenvalue weighted by atomic mass is 10.1. The first-order valence-corrected chi connectivity index (χ1v) is 11.0. The maximum atomic E-state index is 12.8. The van der Waals surface area contributed by atoms with E-state index in [0.717, 1.165) is 16.8 Å². The van der Waals surface area contributed by atoms with Crippen molar-refractivity contribution in [2.45, 2.75) is 26.5 Å². The van der Waals surface area contributed by atoms with E-state index in [1.807, 2.05) is 67.6 Å². The summed E-state index contributed by atoms with van der Waals surface area (Å²) in [6.07, 6.45) is 0.701. The van der Waals surface area contributed by atoms with Gasteiger partial charge in [-0.05, 0) is 42.3 Å². The van der Waals surface area contributed by atoms with Crippen LogP contribution in [0.3, 0.4) is 0 Å². The van der Waals surface area contributed by atoms with Crippen LogP contribution in [0.2, 0.25) is 0 Å². The Morgan fingerprint density at radius 2 is 1.79 bits per heavy atom. The zero-order chi connectivity index (χ0) is 23.7. The molecule has 0 amide bonds. The number of aryl methyl sites for hydroxylation is 1. The Morgan fingerprint density at radius 3 is 2.53 bits per heavy atom. The normalized spacial score (nSPS) is 11.2. The van der Waals surface area contributed by atoms with E-state index in [4.69, 9.17) is 9.26 Å². The number of aromatic nitrogens is 5. The molecular weight excluding hydrogens is 434 g/mol. The molecule has 0 aliphatic heterocycles. The Bertz CT molecular complexity index is 1560. The van der Waals surface area contributed by atoms with Crippen LogP contribution in [0.5, 0.6) is 5.75 Å². The van der Waals surface area contributed by atoms with Crippen LogP contribution in [0.15, 0.2) is 74.8 Å². The van der Waals surface area contributed by atoms with Crippen molar-refractivity contribution in [1.82, 2.24) is 24.3 Å². The van der Waals surface area contributed by atoms with E-state index >= 15 is 0 Å². The zero-order valence-corrected chi connectivity index (χ0v) is 18.8. The van der Waals surface area contributed by atoms with E-state index < -0.39 is 0 Å². The van der Waals surface area contributed by atoms with Crippen molar-refractivity contribution >= 4 is 11.0 Å². The Hall–Kier alpha value is -4.40. The predicted octanol–water partition coefficient (Wildman–Crippen LogP) is 3.73. The molecule has 0 radical (unpaired) electrons. The number of H-pyrrole nitrogens is 1. The van der Waals surface area contributed by atoms with Crippen LogP contribution in [0.4, 0.5) is 0 Å². The molecule has 9 heteroatoms. The zero-order valence-electron chi connectivity index (χ0n) is 18.8. The van der Waals surface area contributed by atoms with Gasteiger partial charge in [0.1, 0.15) is 11.3 Å². The van der Waals surface area contributed by atoms with Crippen LogP contribution in [0.25, 0.3) is 33.7 Å². The van der Waals surface area contributed by atoms with Crippen molar-refractivity contribution in [3.8, 4) is 28.4 Å². The van der Waals surface area contributed by atoms with Crippen LogP contribution in [0, 0.1) is 0 Å². The number of nitrogens with zero attached hydrogens (tertiary/aromatic N) is 4. The lowest BCUT2D eigenvalue weighted by Gasteiger charge is -2.06. The highest BCUT2D eigenvalue weighted by atomic mass is 16.5. The molecule has 0 aliphatic carbocycles. The third-order valence-electron chi connectivity index (χ3n) is 5.61. The molecule has 0 saturated carbocycles. The number of rotatable bonds is 7. The molecule has 3 heterocycles. The van der Waals surface area contributed by atoms with Crippen LogP contribution in [-0.4, -0.2) is 24.3 Å². The molecule has 172 valence electrons. The summed E-state index contributed by atoms with van der Waals surface area (Å²) in [4.78, 5) is 32.9. The van der Waals surface area contributed by atoms with Gasteiger partial charge >= 0.3 is 5.69 Å². The summed E-state index contributed by atoms with van der Waals surface area (Å²) in [7, 11) is 1.67. The van der Waals surface area contributed by atoms with Gasteiger partial charge in [0.2, 0.25) is 5.82 Å². The summed E-state index contributed by atoms with van der Waals surface area (Å²) in [5, 5.41) is 3.99. The summed E-state index contributed by atoms with van der Waals surface area (Å²) in [5.41, 5.74) is 2.85. The molecule has 0 spiro atoms. The second kappa shape index (κ2) is 8.86. The highest BCUT2D eigenvalue weighted by Gasteiger charge is 2.14. The fourth-order valence-corrected chi connectivity index (χ4v) is 3.85. The second-order valence-electron chi connectivity index (χ2n) is 7.93.